The van der Waals surface area contributed by atoms with Crippen molar-refractivity contribution in [1.29, 1.82) is 0 Å². The fourth-order valence-electron chi connectivity index (χ4n) is 2.81. The molecule has 1 aliphatic rings. The average molecular weight is 278 g/mol. The first-order valence-electron chi connectivity index (χ1n) is 7.52. The minimum absolute atomic E-state index is 0.489. The van der Waals surface area contributed by atoms with Gasteiger partial charge in [0.05, 0.1) is 6.61 Å². The van der Waals surface area contributed by atoms with Crippen molar-refractivity contribution in [3.8, 4) is 5.75 Å². The summed E-state index contributed by atoms with van der Waals surface area (Å²) in [5.74, 6) is 1.47. The lowest BCUT2D eigenvalue weighted by molar-refractivity contribution is 0.146. The number of anilines is 1. The molecule has 1 fully saturated rings. The van der Waals surface area contributed by atoms with E-state index < -0.39 is 0 Å². The summed E-state index contributed by atoms with van der Waals surface area (Å²) in [7, 11) is 1.68. The lowest BCUT2D eigenvalue weighted by Crippen LogP contribution is -2.36. The quantitative estimate of drug-likeness (QED) is 0.753. The van der Waals surface area contributed by atoms with Crippen molar-refractivity contribution in [3.63, 3.8) is 0 Å². The summed E-state index contributed by atoms with van der Waals surface area (Å²) in [6.45, 7) is 1.95. The Bertz CT molecular complexity index is 398. The van der Waals surface area contributed by atoms with E-state index in [2.05, 4.69) is 17.4 Å². The Morgan fingerprint density at radius 2 is 2.10 bits per heavy atom. The average Bonchev–Trinajstić information content (AvgIpc) is 2.48. The fraction of sp³-hybridized carbons (Fsp3) is 0.625. The predicted octanol–water partition coefficient (Wildman–Crippen LogP) is 2.64. The van der Waals surface area contributed by atoms with E-state index in [0.29, 0.717) is 25.2 Å². The summed E-state index contributed by atoms with van der Waals surface area (Å²) in [4.78, 5) is 0. The van der Waals surface area contributed by atoms with Gasteiger partial charge in [-0.15, -0.1) is 0 Å². The maximum atomic E-state index is 5.88. The number of ether oxygens (including phenoxy) is 2. The molecule has 0 aliphatic heterocycles. The first kappa shape index (κ1) is 15.1. The number of methoxy groups -OCH3 is 1. The summed E-state index contributed by atoms with van der Waals surface area (Å²) >= 11 is 0. The van der Waals surface area contributed by atoms with E-state index >= 15 is 0 Å². The monoisotopic (exact) mass is 278 g/mol. The first-order chi connectivity index (χ1) is 9.83. The lowest BCUT2D eigenvalue weighted by Gasteiger charge is -2.32. The minimum atomic E-state index is 0.489. The smallest absolute Gasteiger partial charge is 0.121 e. The van der Waals surface area contributed by atoms with Gasteiger partial charge in [0.25, 0.3) is 0 Å². The fourth-order valence-corrected chi connectivity index (χ4v) is 2.81. The van der Waals surface area contributed by atoms with Crippen molar-refractivity contribution in [2.75, 3.05) is 32.2 Å². The van der Waals surface area contributed by atoms with E-state index in [-0.39, 0.29) is 0 Å². The van der Waals surface area contributed by atoms with Crippen molar-refractivity contribution in [1.82, 2.24) is 0 Å². The number of hydrogen-bond acceptors (Lipinski definition) is 4. The zero-order valence-electron chi connectivity index (χ0n) is 12.3. The largest absolute Gasteiger partial charge is 0.491 e. The van der Waals surface area contributed by atoms with Gasteiger partial charge in [0.15, 0.2) is 0 Å². The van der Waals surface area contributed by atoms with Gasteiger partial charge in [-0.25, -0.2) is 0 Å². The Morgan fingerprint density at radius 3 is 2.90 bits per heavy atom. The van der Waals surface area contributed by atoms with Gasteiger partial charge in [0, 0.05) is 24.9 Å². The van der Waals surface area contributed by atoms with Crippen molar-refractivity contribution >= 4 is 5.69 Å². The van der Waals surface area contributed by atoms with Gasteiger partial charge in [0.1, 0.15) is 12.4 Å². The maximum Gasteiger partial charge on any atom is 0.121 e. The van der Waals surface area contributed by atoms with Gasteiger partial charge in [-0.3, -0.25) is 0 Å². The molecule has 2 unspecified atom stereocenters. The molecule has 0 saturated heterocycles. The molecular formula is C16H26N2O2. The third-order valence-electron chi connectivity index (χ3n) is 3.95. The highest BCUT2D eigenvalue weighted by Crippen LogP contribution is 2.27. The highest BCUT2D eigenvalue weighted by Gasteiger charge is 2.23. The molecule has 0 aromatic heterocycles. The van der Waals surface area contributed by atoms with Gasteiger partial charge in [-0.1, -0.05) is 18.9 Å². The van der Waals surface area contributed by atoms with E-state index in [1.165, 1.54) is 25.7 Å². The zero-order valence-corrected chi connectivity index (χ0v) is 12.3. The van der Waals surface area contributed by atoms with Crippen molar-refractivity contribution < 1.29 is 9.47 Å². The van der Waals surface area contributed by atoms with E-state index in [1.807, 2.05) is 12.1 Å². The van der Waals surface area contributed by atoms with Crippen molar-refractivity contribution in [3.05, 3.63) is 24.3 Å². The summed E-state index contributed by atoms with van der Waals surface area (Å²) in [5, 5.41) is 3.62. The van der Waals surface area contributed by atoms with Crippen LogP contribution in [-0.2, 0) is 4.74 Å². The molecule has 3 N–H and O–H groups in total. The first-order valence-corrected chi connectivity index (χ1v) is 7.52. The van der Waals surface area contributed by atoms with Crippen LogP contribution in [0.3, 0.4) is 0 Å². The minimum Gasteiger partial charge on any atom is -0.491 e. The summed E-state index contributed by atoms with van der Waals surface area (Å²) in [6.07, 6.45) is 5.03. The van der Waals surface area contributed by atoms with Gasteiger partial charge in [0.2, 0.25) is 0 Å². The molecule has 0 spiro atoms. The molecule has 1 aliphatic carbocycles. The van der Waals surface area contributed by atoms with Crippen LogP contribution >= 0.6 is 0 Å². The number of nitrogens with one attached hydrogen (secondary N) is 1. The number of nitrogens with two attached hydrogens (primary N) is 1. The molecule has 2 atom stereocenters. The molecule has 1 aromatic rings. The van der Waals surface area contributed by atoms with E-state index in [4.69, 9.17) is 15.2 Å². The third-order valence-corrected chi connectivity index (χ3v) is 3.95. The summed E-state index contributed by atoms with van der Waals surface area (Å²) in [6, 6.07) is 8.62. The van der Waals surface area contributed by atoms with E-state index in [9.17, 15) is 0 Å². The molecule has 0 radical (unpaired) electrons. The van der Waals surface area contributed by atoms with Crippen LogP contribution in [0.1, 0.15) is 25.7 Å². The highest BCUT2D eigenvalue weighted by molar-refractivity contribution is 5.49. The normalized spacial score (nSPS) is 22.5. The van der Waals surface area contributed by atoms with Crippen LogP contribution < -0.4 is 15.8 Å². The van der Waals surface area contributed by atoms with Crippen LogP contribution in [0.2, 0.25) is 0 Å². The SMILES string of the molecule is COCCOc1cccc(NC2CCCCC2CN)c1. The van der Waals surface area contributed by atoms with Gasteiger partial charge in [-0.05, 0) is 37.4 Å². The third kappa shape index (κ3) is 4.39. The second-order valence-electron chi connectivity index (χ2n) is 5.40. The molecular weight excluding hydrogens is 252 g/mol. The van der Waals surface area contributed by atoms with Gasteiger partial charge >= 0.3 is 0 Å². The molecule has 0 bridgehead atoms. The van der Waals surface area contributed by atoms with Crippen molar-refractivity contribution in [2.24, 2.45) is 11.7 Å². The molecule has 0 amide bonds. The Balaban J connectivity index is 1.92. The number of benzene rings is 1. The lowest BCUT2D eigenvalue weighted by atomic mass is 9.84. The summed E-state index contributed by atoms with van der Waals surface area (Å²) in [5.41, 5.74) is 7.00. The topological polar surface area (TPSA) is 56.5 Å². The van der Waals surface area contributed by atoms with Crippen LogP contribution in [0.15, 0.2) is 24.3 Å². The zero-order chi connectivity index (χ0) is 14.2. The Morgan fingerprint density at radius 1 is 1.25 bits per heavy atom. The Hall–Kier alpha value is -1.26. The van der Waals surface area contributed by atoms with Crippen LogP contribution in [-0.4, -0.2) is 32.9 Å². The predicted molar refractivity (Wildman–Crippen MR) is 82.2 cm³/mol. The Labute approximate surface area is 121 Å². The van der Waals surface area contributed by atoms with Crippen LogP contribution in [0, 0.1) is 5.92 Å². The molecule has 4 heteroatoms. The molecule has 2 rings (SSSR count). The summed E-state index contributed by atoms with van der Waals surface area (Å²) < 4.78 is 10.6. The molecule has 1 aromatic carbocycles. The molecule has 20 heavy (non-hydrogen) atoms. The van der Waals surface area contributed by atoms with Gasteiger partial charge < -0.3 is 20.5 Å². The highest BCUT2D eigenvalue weighted by atomic mass is 16.5. The Kier molecular flexibility index (Phi) is 6.15. The second-order valence-corrected chi connectivity index (χ2v) is 5.40. The van der Waals surface area contributed by atoms with Gasteiger partial charge in [-0.2, -0.15) is 0 Å². The molecule has 112 valence electrons. The molecule has 0 heterocycles. The molecule has 4 nitrogen and oxygen atoms in total. The van der Waals surface area contributed by atoms with Crippen LogP contribution in [0.5, 0.6) is 5.75 Å². The van der Waals surface area contributed by atoms with Crippen molar-refractivity contribution in [2.45, 2.75) is 31.7 Å². The van der Waals surface area contributed by atoms with Crippen LogP contribution in [0.25, 0.3) is 0 Å². The van der Waals surface area contributed by atoms with E-state index in [0.717, 1.165) is 18.0 Å². The standard InChI is InChI=1S/C16H26N2O2/c1-19-9-10-20-15-7-4-6-14(11-15)18-16-8-3-2-5-13(16)12-17/h4,6-7,11,13,16,18H,2-3,5,8-10,12,17H2,1H3. The molecule has 1 saturated carbocycles. The van der Waals surface area contributed by atoms with E-state index in [1.54, 1.807) is 7.11 Å². The maximum absolute atomic E-state index is 5.88. The van der Waals surface area contributed by atoms with Crippen LogP contribution in [0.4, 0.5) is 5.69 Å². The number of rotatable bonds is 7. The number of hydrogen-bond donors (Lipinski definition) is 2. The second kappa shape index (κ2) is 8.12.